The van der Waals surface area contributed by atoms with Crippen LogP contribution in [0.4, 0.5) is 0 Å². The molecule has 0 saturated heterocycles. The van der Waals surface area contributed by atoms with E-state index in [0.29, 0.717) is 0 Å². The SMILES string of the molecule is Cl.O.O.O.O.O.O.O.O.O.O.[Ce]. The fourth-order valence-corrected chi connectivity index (χ4v) is 0. The van der Waals surface area contributed by atoms with E-state index in [0.717, 1.165) is 0 Å². The van der Waals surface area contributed by atoms with Crippen LogP contribution in [0.5, 0.6) is 0 Å². The minimum atomic E-state index is 0. The van der Waals surface area contributed by atoms with E-state index in [1.165, 1.54) is 0 Å². The second-order valence-electron chi connectivity index (χ2n) is 0. The maximum absolute atomic E-state index is 0. The molecule has 0 heterocycles. The van der Waals surface area contributed by atoms with E-state index >= 15 is 0 Å². The van der Waals surface area contributed by atoms with Gasteiger partial charge in [-0.25, -0.2) is 0 Å². The van der Waals surface area contributed by atoms with Crippen molar-refractivity contribution in [3.05, 3.63) is 0 Å². The zero-order valence-electron chi connectivity index (χ0n) is 5.91. The van der Waals surface area contributed by atoms with Gasteiger partial charge < -0.3 is 54.8 Å². The molecule has 0 saturated carbocycles. The van der Waals surface area contributed by atoms with Crippen molar-refractivity contribution < 1.29 is 96.5 Å². The van der Waals surface area contributed by atoms with Crippen molar-refractivity contribution in [2.75, 3.05) is 0 Å². The molecule has 0 fully saturated rings. The summed E-state index contributed by atoms with van der Waals surface area (Å²) in [6.07, 6.45) is 0. The summed E-state index contributed by atoms with van der Waals surface area (Å²) < 4.78 is 0. The van der Waals surface area contributed by atoms with Gasteiger partial charge in [0.15, 0.2) is 0 Å². The molecule has 0 bridgehead atoms. The molecular formula is H21CeClO10. The summed E-state index contributed by atoms with van der Waals surface area (Å²) in [5.41, 5.74) is 0. The Hall–Kier alpha value is 1.27. The zero-order valence-corrected chi connectivity index (χ0v) is 9.86. The van der Waals surface area contributed by atoms with E-state index in [-0.39, 0.29) is 109 Å². The molecule has 0 amide bonds. The third-order valence-electron chi connectivity index (χ3n) is 0. The summed E-state index contributed by atoms with van der Waals surface area (Å²) in [4.78, 5) is 0. The maximum Gasteiger partial charge on any atom is 0 e. The standard InChI is InChI=1S/Ce.ClH.10H2O/h;1H;10*1H2. The van der Waals surface area contributed by atoms with Gasteiger partial charge in [0.05, 0.1) is 0 Å². The predicted octanol–water partition coefficient (Wildman–Crippen LogP) is -7.83. The van der Waals surface area contributed by atoms with Crippen molar-refractivity contribution in [2.24, 2.45) is 0 Å². The third-order valence-corrected chi connectivity index (χ3v) is 0. The molecule has 20 N–H and O–H groups in total. The average molecular weight is 357 g/mol. The Bertz CT molecular complexity index is 9.80. The fraction of sp³-hybridized carbons (Fsp3) is 0. The molecule has 92 valence electrons. The van der Waals surface area contributed by atoms with E-state index in [2.05, 4.69) is 0 Å². The maximum atomic E-state index is 0. The van der Waals surface area contributed by atoms with Crippen molar-refractivity contribution >= 4 is 12.4 Å². The van der Waals surface area contributed by atoms with Gasteiger partial charge >= 0.3 is 0 Å². The number of hydrogen-bond donors (Lipinski definition) is 0. The van der Waals surface area contributed by atoms with Crippen LogP contribution >= 0.6 is 12.4 Å². The summed E-state index contributed by atoms with van der Waals surface area (Å²) in [6, 6.07) is 0. The Morgan fingerprint density at radius 1 is 0.250 bits per heavy atom. The van der Waals surface area contributed by atoms with Crippen molar-refractivity contribution in [1.29, 1.82) is 0 Å². The van der Waals surface area contributed by atoms with Gasteiger partial charge in [-0.2, -0.15) is 0 Å². The minimum Gasteiger partial charge on any atom is -0.412 e. The Morgan fingerprint density at radius 2 is 0.250 bits per heavy atom. The van der Waals surface area contributed by atoms with E-state index in [1.807, 2.05) is 0 Å². The van der Waals surface area contributed by atoms with Crippen molar-refractivity contribution in [3.63, 3.8) is 0 Å². The fourth-order valence-electron chi connectivity index (χ4n) is 0. The van der Waals surface area contributed by atoms with Crippen LogP contribution in [0.3, 0.4) is 0 Å². The molecule has 10 nitrogen and oxygen atoms in total. The van der Waals surface area contributed by atoms with E-state index < -0.39 is 0 Å². The van der Waals surface area contributed by atoms with Gasteiger partial charge in [-0.1, -0.05) is 0 Å². The smallest absolute Gasteiger partial charge is 0 e. The number of hydrogen-bond acceptors (Lipinski definition) is 0. The number of halogens is 1. The van der Waals surface area contributed by atoms with Gasteiger partial charge in [-0.05, 0) is 0 Å². The Morgan fingerprint density at radius 3 is 0.250 bits per heavy atom. The Kier molecular flexibility index (Phi) is 101000. The second kappa shape index (κ2) is 971. The molecule has 0 rings (SSSR count). The van der Waals surface area contributed by atoms with Crippen LogP contribution in [-0.4, -0.2) is 54.8 Å². The van der Waals surface area contributed by atoms with Crippen LogP contribution < -0.4 is 0 Å². The van der Waals surface area contributed by atoms with Crippen molar-refractivity contribution in [2.45, 2.75) is 0 Å². The molecule has 0 aliphatic rings. The van der Waals surface area contributed by atoms with Crippen LogP contribution in [0, 0.1) is 41.7 Å². The first-order chi connectivity index (χ1) is 0. The third kappa shape index (κ3) is 740. The molecule has 12 heteroatoms. The van der Waals surface area contributed by atoms with Gasteiger partial charge in [-0.15, -0.1) is 12.4 Å². The predicted molar refractivity (Wildman–Crippen MR) is 43.4 cm³/mol. The first kappa shape index (κ1) is 1240. The van der Waals surface area contributed by atoms with Gasteiger partial charge in [0.25, 0.3) is 0 Å². The Balaban J connectivity index is 0. The van der Waals surface area contributed by atoms with E-state index in [4.69, 9.17) is 0 Å². The normalized spacial score (nSPS) is 0. The van der Waals surface area contributed by atoms with E-state index in [1.54, 1.807) is 0 Å². The van der Waals surface area contributed by atoms with Gasteiger partial charge in [0, 0.05) is 41.7 Å². The molecule has 0 unspecified atom stereocenters. The van der Waals surface area contributed by atoms with Gasteiger partial charge in [0.1, 0.15) is 0 Å². The van der Waals surface area contributed by atoms with Crippen molar-refractivity contribution in [1.82, 2.24) is 0 Å². The average Bonchev–Trinajstić information content (AvgIpc) is 0. The van der Waals surface area contributed by atoms with Gasteiger partial charge in [0.2, 0.25) is 0 Å². The summed E-state index contributed by atoms with van der Waals surface area (Å²) in [5.74, 6) is 0. The molecule has 0 atom stereocenters. The largest absolute Gasteiger partial charge is 0.412 e. The molecule has 0 spiro atoms. The molecular weight excluding hydrogens is 336 g/mol. The summed E-state index contributed by atoms with van der Waals surface area (Å²) in [7, 11) is 0. The molecule has 0 radical (unpaired) electrons. The van der Waals surface area contributed by atoms with Crippen LogP contribution in [0.1, 0.15) is 0 Å². The van der Waals surface area contributed by atoms with Crippen LogP contribution in [0.2, 0.25) is 0 Å². The summed E-state index contributed by atoms with van der Waals surface area (Å²) >= 11 is 0. The first-order valence-corrected chi connectivity index (χ1v) is 0. The van der Waals surface area contributed by atoms with Crippen LogP contribution in [0.25, 0.3) is 0 Å². The molecule has 0 aliphatic heterocycles. The minimum absolute atomic E-state index is 0. The zero-order chi connectivity index (χ0) is 0. The molecule has 0 aromatic heterocycles. The molecule has 12 heavy (non-hydrogen) atoms. The first-order valence-electron chi connectivity index (χ1n) is 0. The van der Waals surface area contributed by atoms with Crippen LogP contribution in [-0.2, 0) is 0 Å². The molecule has 0 aromatic rings. The molecule has 0 aromatic carbocycles. The summed E-state index contributed by atoms with van der Waals surface area (Å²) in [5, 5.41) is 0. The number of rotatable bonds is 0. The van der Waals surface area contributed by atoms with Gasteiger partial charge in [-0.3, -0.25) is 0 Å². The van der Waals surface area contributed by atoms with E-state index in [9.17, 15) is 0 Å². The molecule has 0 aliphatic carbocycles. The second-order valence-corrected chi connectivity index (χ2v) is 0. The topological polar surface area (TPSA) is 315 Å². The summed E-state index contributed by atoms with van der Waals surface area (Å²) in [6.45, 7) is 0. The quantitative estimate of drug-likeness (QED) is 0.390. The monoisotopic (exact) mass is 356 g/mol. The Labute approximate surface area is 108 Å². The van der Waals surface area contributed by atoms with Crippen LogP contribution in [0.15, 0.2) is 0 Å². The van der Waals surface area contributed by atoms with Crippen molar-refractivity contribution in [3.8, 4) is 0 Å².